The van der Waals surface area contributed by atoms with Gasteiger partial charge in [0, 0.05) is 25.0 Å². The summed E-state index contributed by atoms with van der Waals surface area (Å²) in [5.74, 6) is 0.690. The smallest absolute Gasteiger partial charge is 0.255 e. The number of amides is 1. The molecular weight excluding hydrogens is 398 g/mol. The molecule has 1 fully saturated rings. The Hall–Kier alpha value is -2.10. The molecule has 7 nitrogen and oxygen atoms in total. The third kappa shape index (κ3) is 5.46. The lowest BCUT2D eigenvalue weighted by Gasteiger charge is -2.25. The van der Waals surface area contributed by atoms with Gasteiger partial charge in [0.2, 0.25) is 10.0 Å². The van der Waals surface area contributed by atoms with Crippen molar-refractivity contribution in [1.29, 1.82) is 0 Å². The molecule has 3 rings (SSSR count). The van der Waals surface area contributed by atoms with E-state index in [-0.39, 0.29) is 11.5 Å². The molecule has 1 aromatic carbocycles. The lowest BCUT2D eigenvalue weighted by Crippen LogP contribution is -2.35. The minimum absolute atomic E-state index is 0.162. The van der Waals surface area contributed by atoms with Gasteiger partial charge in [-0.3, -0.25) is 4.79 Å². The van der Waals surface area contributed by atoms with Gasteiger partial charge in [-0.1, -0.05) is 18.6 Å². The summed E-state index contributed by atoms with van der Waals surface area (Å²) in [6, 6.07) is 10.7. The molecule has 1 amide bonds. The van der Waals surface area contributed by atoms with E-state index in [1.54, 1.807) is 18.2 Å². The molecule has 0 radical (unpaired) electrons. The molecule has 0 bridgehead atoms. The van der Waals surface area contributed by atoms with E-state index in [0.717, 1.165) is 29.9 Å². The summed E-state index contributed by atoms with van der Waals surface area (Å²) in [7, 11) is -3.46. The second kappa shape index (κ2) is 9.40. The Morgan fingerprint density at radius 1 is 1.18 bits per heavy atom. The van der Waals surface area contributed by atoms with Crippen LogP contribution in [0, 0.1) is 0 Å². The van der Waals surface area contributed by atoms with Crippen LogP contribution in [-0.2, 0) is 20.6 Å². The highest BCUT2D eigenvalue weighted by Crippen LogP contribution is 2.25. The van der Waals surface area contributed by atoms with Crippen molar-refractivity contribution in [3.8, 4) is 5.75 Å². The van der Waals surface area contributed by atoms with Crippen LogP contribution in [-0.4, -0.2) is 43.3 Å². The standard InChI is InChI=1S/C19H23N3O4S2/c20-18(23)13-26-16-6-4-5-15(11-16)14-27-19-8-7-17(12-21-19)28(24,25)22-9-2-1-3-10-22/h4-8,11-12H,1-3,9-10,13-14H2,(H2,20,23). The zero-order chi connectivity index (χ0) is 20.0. The van der Waals surface area contributed by atoms with Crippen LogP contribution in [0.4, 0.5) is 0 Å². The number of pyridine rings is 1. The Morgan fingerprint density at radius 3 is 2.64 bits per heavy atom. The van der Waals surface area contributed by atoms with Gasteiger partial charge in [-0.05, 0) is 42.7 Å². The Kier molecular flexibility index (Phi) is 6.93. The second-order valence-electron chi connectivity index (χ2n) is 6.49. The first-order chi connectivity index (χ1) is 13.4. The largest absolute Gasteiger partial charge is 0.484 e. The number of benzene rings is 1. The highest BCUT2D eigenvalue weighted by molar-refractivity contribution is 7.98. The van der Waals surface area contributed by atoms with Crippen LogP contribution in [0.5, 0.6) is 5.75 Å². The van der Waals surface area contributed by atoms with Crippen molar-refractivity contribution in [2.24, 2.45) is 5.73 Å². The van der Waals surface area contributed by atoms with Crippen LogP contribution >= 0.6 is 11.8 Å². The van der Waals surface area contributed by atoms with Crippen molar-refractivity contribution in [2.45, 2.75) is 34.9 Å². The Balaban J connectivity index is 1.60. The average molecular weight is 422 g/mol. The predicted molar refractivity (Wildman–Crippen MR) is 108 cm³/mol. The first kappa shape index (κ1) is 20.6. The van der Waals surface area contributed by atoms with E-state index in [0.29, 0.717) is 24.6 Å². The van der Waals surface area contributed by atoms with Gasteiger partial charge in [0.25, 0.3) is 5.91 Å². The first-order valence-corrected chi connectivity index (χ1v) is 11.5. The summed E-state index contributed by atoms with van der Waals surface area (Å²) in [6.45, 7) is 0.991. The third-order valence-corrected chi connectivity index (χ3v) is 7.23. The fourth-order valence-corrected chi connectivity index (χ4v) is 5.14. The summed E-state index contributed by atoms with van der Waals surface area (Å²) in [6.07, 6.45) is 4.32. The molecule has 28 heavy (non-hydrogen) atoms. The maximum atomic E-state index is 12.7. The number of ether oxygens (including phenoxy) is 1. The van der Waals surface area contributed by atoms with Gasteiger partial charge >= 0.3 is 0 Å². The number of piperidine rings is 1. The normalized spacial score (nSPS) is 15.3. The van der Waals surface area contributed by atoms with Crippen molar-refractivity contribution >= 4 is 27.7 Å². The minimum Gasteiger partial charge on any atom is -0.484 e. The van der Waals surface area contributed by atoms with E-state index in [4.69, 9.17) is 10.5 Å². The molecule has 2 heterocycles. The van der Waals surface area contributed by atoms with E-state index in [1.165, 1.54) is 22.3 Å². The molecule has 0 aliphatic carbocycles. The Bertz CT molecular complexity index is 911. The van der Waals surface area contributed by atoms with Gasteiger partial charge in [0.05, 0.1) is 5.03 Å². The maximum absolute atomic E-state index is 12.7. The summed E-state index contributed by atoms with van der Waals surface area (Å²) in [5.41, 5.74) is 6.08. The highest BCUT2D eigenvalue weighted by Gasteiger charge is 2.26. The number of thioether (sulfide) groups is 1. The van der Waals surface area contributed by atoms with Crippen LogP contribution in [0.1, 0.15) is 24.8 Å². The van der Waals surface area contributed by atoms with Crippen molar-refractivity contribution in [3.63, 3.8) is 0 Å². The number of primary amides is 1. The first-order valence-electron chi connectivity index (χ1n) is 9.04. The number of carbonyl (C=O) groups is 1. The van der Waals surface area contributed by atoms with Crippen LogP contribution in [0.25, 0.3) is 0 Å². The van der Waals surface area contributed by atoms with Gasteiger partial charge in [-0.2, -0.15) is 4.31 Å². The number of nitrogens with zero attached hydrogens (tertiary/aromatic N) is 2. The van der Waals surface area contributed by atoms with Crippen LogP contribution < -0.4 is 10.5 Å². The van der Waals surface area contributed by atoms with Crippen molar-refractivity contribution < 1.29 is 17.9 Å². The van der Waals surface area contributed by atoms with Crippen LogP contribution in [0.15, 0.2) is 52.5 Å². The minimum atomic E-state index is -3.46. The molecule has 0 unspecified atom stereocenters. The lowest BCUT2D eigenvalue weighted by atomic mass is 10.2. The van der Waals surface area contributed by atoms with E-state index in [2.05, 4.69) is 4.98 Å². The van der Waals surface area contributed by atoms with E-state index >= 15 is 0 Å². The molecule has 9 heteroatoms. The summed E-state index contributed by atoms with van der Waals surface area (Å²) >= 11 is 1.49. The summed E-state index contributed by atoms with van der Waals surface area (Å²) in [5, 5.41) is 0.737. The van der Waals surface area contributed by atoms with E-state index in [9.17, 15) is 13.2 Å². The summed E-state index contributed by atoms with van der Waals surface area (Å²) < 4.78 is 32.2. The van der Waals surface area contributed by atoms with Gasteiger partial charge in [-0.15, -0.1) is 11.8 Å². The van der Waals surface area contributed by atoms with Crippen molar-refractivity contribution in [3.05, 3.63) is 48.2 Å². The van der Waals surface area contributed by atoms with E-state index < -0.39 is 15.9 Å². The number of hydrogen-bond donors (Lipinski definition) is 1. The lowest BCUT2D eigenvalue weighted by molar-refractivity contribution is -0.119. The Labute approximate surface area is 169 Å². The number of sulfonamides is 1. The molecule has 1 aliphatic rings. The topological polar surface area (TPSA) is 103 Å². The van der Waals surface area contributed by atoms with Gasteiger partial charge in [0.1, 0.15) is 10.6 Å². The van der Waals surface area contributed by atoms with Crippen molar-refractivity contribution in [2.75, 3.05) is 19.7 Å². The molecule has 0 atom stereocenters. The number of rotatable bonds is 8. The number of nitrogens with two attached hydrogens (primary N) is 1. The van der Waals surface area contributed by atoms with E-state index in [1.807, 2.05) is 18.2 Å². The molecule has 2 aromatic rings. The molecule has 150 valence electrons. The summed E-state index contributed by atoms with van der Waals surface area (Å²) in [4.78, 5) is 15.3. The molecule has 1 aromatic heterocycles. The number of carbonyl (C=O) groups excluding carboxylic acids is 1. The maximum Gasteiger partial charge on any atom is 0.255 e. The number of hydrogen-bond acceptors (Lipinski definition) is 6. The SMILES string of the molecule is NC(=O)COc1cccc(CSc2ccc(S(=O)(=O)N3CCCCC3)cn2)c1. The zero-order valence-electron chi connectivity index (χ0n) is 15.4. The quantitative estimate of drug-likeness (QED) is 0.657. The monoisotopic (exact) mass is 421 g/mol. The fraction of sp³-hybridized carbons (Fsp3) is 0.368. The molecule has 1 saturated heterocycles. The Morgan fingerprint density at radius 2 is 1.96 bits per heavy atom. The molecule has 1 aliphatic heterocycles. The zero-order valence-corrected chi connectivity index (χ0v) is 17.0. The van der Waals surface area contributed by atoms with Crippen LogP contribution in [0.2, 0.25) is 0 Å². The van der Waals surface area contributed by atoms with Gasteiger partial charge < -0.3 is 10.5 Å². The molecule has 2 N–H and O–H groups in total. The fourth-order valence-electron chi connectivity index (χ4n) is 2.90. The number of aromatic nitrogens is 1. The van der Waals surface area contributed by atoms with Crippen molar-refractivity contribution in [1.82, 2.24) is 9.29 Å². The highest BCUT2D eigenvalue weighted by atomic mass is 32.2. The second-order valence-corrected chi connectivity index (χ2v) is 9.42. The molecule has 0 saturated carbocycles. The predicted octanol–water partition coefficient (Wildman–Crippen LogP) is 2.41. The van der Waals surface area contributed by atoms with Gasteiger partial charge in [0.15, 0.2) is 6.61 Å². The average Bonchev–Trinajstić information content (AvgIpc) is 2.72. The molecule has 0 spiro atoms. The van der Waals surface area contributed by atoms with Crippen LogP contribution in [0.3, 0.4) is 0 Å². The third-order valence-electron chi connectivity index (χ3n) is 4.33. The van der Waals surface area contributed by atoms with Gasteiger partial charge in [-0.25, -0.2) is 13.4 Å². The molecular formula is C19H23N3O4S2.